The van der Waals surface area contributed by atoms with Gasteiger partial charge in [0.2, 0.25) is 10.0 Å². The first-order chi connectivity index (χ1) is 9.97. The summed E-state index contributed by atoms with van der Waals surface area (Å²) in [6.45, 7) is 1.50. The SMILES string of the molecule is COc1cc(CO)ccc1S(=O)(=O)NC(C)c1ncc[nH]1. The predicted molar refractivity (Wildman–Crippen MR) is 76.2 cm³/mol. The van der Waals surface area contributed by atoms with Crippen molar-refractivity contribution < 1.29 is 18.3 Å². The number of aliphatic hydroxyl groups is 1. The number of H-pyrrole nitrogens is 1. The molecule has 8 heteroatoms. The monoisotopic (exact) mass is 311 g/mol. The Balaban J connectivity index is 2.31. The van der Waals surface area contributed by atoms with E-state index in [-0.39, 0.29) is 17.3 Å². The van der Waals surface area contributed by atoms with Gasteiger partial charge in [-0.25, -0.2) is 18.1 Å². The van der Waals surface area contributed by atoms with E-state index in [4.69, 9.17) is 9.84 Å². The van der Waals surface area contributed by atoms with Crippen molar-refractivity contribution in [3.63, 3.8) is 0 Å². The van der Waals surface area contributed by atoms with E-state index in [1.54, 1.807) is 19.3 Å². The molecule has 1 heterocycles. The molecule has 7 nitrogen and oxygen atoms in total. The largest absolute Gasteiger partial charge is 0.495 e. The zero-order valence-electron chi connectivity index (χ0n) is 11.7. The molecular formula is C13H17N3O4S. The van der Waals surface area contributed by atoms with Gasteiger partial charge in [0.05, 0.1) is 19.8 Å². The molecule has 3 N–H and O–H groups in total. The number of aromatic nitrogens is 2. The molecule has 0 saturated heterocycles. The molecule has 0 aliphatic heterocycles. The minimum atomic E-state index is -3.77. The summed E-state index contributed by atoms with van der Waals surface area (Å²) in [5, 5.41) is 9.09. The first-order valence-corrected chi connectivity index (χ1v) is 7.75. The van der Waals surface area contributed by atoms with E-state index in [1.165, 1.54) is 25.3 Å². The molecule has 2 aromatic rings. The number of hydrogen-bond acceptors (Lipinski definition) is 5. The number of aromatic amines is 1. The summed E-state index contributed by atoms with van der Waals surface area (Å²) in [5.41, 5.74) is 0.574. The van der Waals surface area contributed by atoms with Crippen LogP contribution in [0.2, 0.25) is 0 Å². The van der Waals surface area contributed by atoms with Gasteiger partial charge in [-0.1, -0.05) is 6.07 Å². The first kappa shape index (κ1) is 15.5. The normalized spacial score (nSPS) is 13.1. The third-order valence-electron chi connectivity index (χ3n) is 2.96. The number of imidazole rings is 1. The Hall–Kier alpha value is -1.90. The van der Waals surface area contributed by atoms with Crippen LogP contribution >= 0.6 is 0 Å². The number of ether oxygens (including phenoxy) is 1. The maximum absolute atomic E-state index is 12.4. The molecule has 0 spiro atoms. The molecule has 2 rings (SSSR count). The number of rotatable bonds is 6. The highest BCUT2D eigenvalue weighted by Gasteiger charge is 2.23. The number of hydrogen-bond donors (Lipinski definition) is 3. The number of nitrogens with zero attached hydrogens (tertiary/aromatic N) is 1. The van der Waals surface area contributed by atoms with Gasteiger partial charge in [-0.3, -0.25) is 0 Å². The lowest BCUT2D eigenvalue weighted by Gasteiger charge is -2.15. The van der Waals surface area contributed by atoms with Crippen molar-refractivity contribution in [1.82, 2.24) is 14.7 Å². The Kier molecular flexibility index (Phi) is 4.61. The van der Waals surface area contributed by atoms with E-state index in [9.17, 15) is 8.42 Å². The maximum atomic E-state index is 12.4. The zero-order valence-corrected chi connectivity index (χ0v) is 12.5. The van der Waals surface area contributed by atoms with Crippen LogP contribution in [0.4, 0.5) is 0 Å². The number of methoxy groups -OCH3 is 1. The molecule has 0 fully saturated rings. The van der Waals surface area contributed by atoms with Crippen molar-refractivity contribution in [3.8, 4) is 5.75 Å². The van der Waals surface area contributed by atoms with Crippen molar-refractivity contribution in [2.45, 2.75) is 24.5 Å². The lowest BCUT2D eigenvalue weighted by Crippen LogP contribution is -2.28. The minimum absolute atomic E-state index is 0.0145. The van der Waals surface area contributed by atoms with Gasteiger partial charge in [-0.05, 0) is 24.6 Å². The van der Waals surface area contributed by atoms with Crippen LogP contribution in [0.15, 0.2) is 35.5 Å². The fraction of sp³-hybridized carbons (Fsp3) is 0.308. The predicted octanol–water partition coefficient (Wildman–Crippen LogP) is 0.950. The number of benzene rings is 1. The molecule has 0 saturated carbocycles. The molecular weight excluding hydrogens is 294 g/mol. The van der Waals surface area contributed by atoms with E-state index >= 15 is 0 Å². The second-order valence-corrected chi connectivity index (χ2v) is 6.14. The van der Waals surface area contributed by atoms with Crippen LogP contribution in [0, 0.1) is 0 Å². The van der Waals surface area contributed by atoms with Crippen LogP contribution in [0.1, 0.15) is 24.4 Å². The molecule has 1 unspecified atom stereocenters. The van der Waals surface area contributed by atoms with Gasteiger partial charge in [-0.2, -0.15) is 0 Å². The number of aliphatic hydroxyl groups excluding tert-OH is 1. The van der Waals surface area contributed by atoms with Crippen molar-refractivity contribution in [2.24, 2.45) is 0 Å². The summed E-state index contributed by atoms with van der Waals surface area (Å²) in [4.78, 5) is 6.89. The molecule has 0 bridgehead atoms. The molecule has 114 valence electrons. The second kappa shape index (κ2) is 6.25. The summed E-state index contributed by atoms with van der Waals surface area (Å²) < 4.78 is 32.5. The fourth-order valence-electron chi connectivity index (χ4n) is 1.90. The molecule has 0 radical (unpaired) electrons. The van der Waals surface area contributed by atoms with Crippen LogP contribution < -0.4 is 9.46 Å². The highest BCUT2D eigenvalue weighted by molar-refractivity contribution is 7.89. The average Bonchev–Trinajstić information content (AvgIpc) is 3.00. The van der Waals surface area contributed by atoms with Gasteiger partial charge in [0, 0.05) is 12.4 Å². The summed E-state index contributed by atoms with van der Waals surface area (Å²) in [6.07, 6.45) is 3.17. The molecule has 0 aliphatic carbocycles. The number of nitrogens with one attached hydrogen (secondary N) is 2. The van der Waals surface area contributed by atoms with E-state index in [1.807, 2.05) is 0 Å². The van der Waals surface area contributed by atoms with Gasteiger partial charge < -0.3 is 14.8 Å². The second-order valence-electron chi connectivity index (χ2n) is 4.46. The van der Waals surface area contributed by atoms with E-state index in [0.29, 0.717) is 11.4 Å². The van der Waals surface area contributed by atoms with Crippen molar-refractivity contribution in [2.75, 3.05) is 7.11 Å². The van der Waals surface area contributed by atoms with Crippen molar-refractivity contribution in [3.05, 3.63) is 42.0 Å². The Bertz CT molecular complexity index is 698. The van der Waals surface area contributed by atoms with Crippen LogP contribution in [-0.4, -0.2) is 30.6 Å². The third-order valence-corrected chi connectivity index (χ3v) is 4.54. The molecule has 21 heavy (non-hydrogen) atoms. The van der Waals surface area contributed by atoms with Crippen LogP contribution in [0.3, 0.4) is 0 Å². The minimum Gasteiger partial charge on any atom is -0.495 e. The average molecular weight is 311 g/mol. The van der Waals surface area contributed by atoms with Gasteiger partial charge in [-0.15, -0.1) is 0 Å². The summed E-state index contributed by atoms with van der Waals surface area (Å²) in [6, 6.07) is 3.93. The van der Waals surface area contributed by atoms with Gasteiger partial charge >= 0.3 is 0 Å². The van der Waals surface area contributed by atoms with Crippen LogP contribution in [-0.2, 0) is 16.6 Å². The van der Waals surface area contributed by atoms with Crippen molar-refractivity contribution in [1.29, 1.82) is 0 Å². The quantitative estimate of drug-likeness (QED) is 0.737. The van der Waals surface area contributed by atoms with Crippen molar-refractivity contribution >= 4 is 10.0 Å². The highest BCUT2D eigenvalue weighted by Crippen LogP contribution is 2.26. The molecule has 1 atom stereocenters. The third kappa shape index (κ3) is 3.41. The summed E-state index contributed by atoms with van der Waals surface area (Å²) in [7, 11) is -2.39. The van der Waals surface area contributed by atoms with E-state index in [0.717, 1.165) is 0 Å². The number of sulfonamides is 1. The molecule has 0 amide bonds. The maximum Gasteiger partial charge on any atom is 0.244 e. The van der Waals surface area contributed by atoms with Gasteiger partial charge in [0.25, 0.3) is 0 Å². The Morgan fingerprint density at radius 3 is 2.81 bits per heavy atom. The first-order valence-electron chi connectivity index (χ1n) is 6.27. The Labute approximate surface area is 123 Å². The zero-order chi connectivity index (χ0) is 15.5. The van der Waals surface area contributed by atoms with E-state index in [2.05, 4.69) is 14.7 Å². The Morgan fingerprint density at radius 2 is 2.24 bits per heavy atom. The van der Waals surface area contributed by atoms with Crippen LogP contribution in [0.5, 0.6) is 5.75 Å². The lowest BCUT2D eigenvalue weighted by atomic mass is 10.2. The van der Waals surface area contributed by atoms with E-state index < -0.39 is 16.1 Å². The smallest absolute Gasteiger partial charge is 0.244 e. The summed E-state index contributed by atoms with van der Waals surface area (Å²) in [5.74, 6) is 0.699. The summed E-state index contributed by atoms with van der Waals surface area (Å²) >= 11 is 0. The fourth-order valence-corrected chi connectivity index (χ4v) is 3.26. The van der Waals surface area contributed by atoms with Gasteiger partial charge in [0.15, 0.2) is 0 Å². The molecule has 1 aromatic heterocycles. The topological polar surface area (TPSA) is 104 Å². The highest BCUT2D eigenvalue weighted by atomic mass is 32.2. The lowest BCUT2D eigenvalue weighted by molar-refractivity contribution is 0.280. The Morgan fingerprint density at radius 1 is 1.48 bits per heavy atom. The van der Waals surface area contributed by atoms with Crippen LogP contribution in [0.25, 0.3) is 0 Å². The van der Waals surface area contributed by atoms with Gasteiger partial charge in [0.1, 0.15) is 16.5 Å². The standard InChI is InChI=1S/C13H17N3O4S/c1-9(13-14-5-6-15-13)16-21(18,19)12-4-3-10(8-17)7-11(12)20-2/h3-7,9,16-17H,8H2,1-2H3,(H,14,15). The molecule has 1 aromatic carbocycles. The molecule has 0 aliphatic rings.